The molecular formula is C21H32O4. The van der Waals surface area contributed by atoms with Crippen molar-refractivity contribution in [3.8, 4) is 0 Å². The van der Waals surface area contributed by atoms with Crippen LogP contribution in [0.4, 0.5) is 0 Å². The molecule has 0 bridgehead atoms. The summed E-state index contributed by atoms with van der Waals surface area (Å²) in [5, 5.41) is 29.5. The van der Waals surface area contributed by atoms with Gasteiger partial charge in [0.25, 0.3) is 0 Å². The number of rotatable bonds is 7. The molecule has 3 aliphatic carbocycles. The Bertz CT molecular complexity index is 518. The first-order valence-corrected chi connectivity index (χ1v) is 9.98. The van der Waals surface area contributed by atoms with Gasteiger partial charge >= 0.3 is 5.97 Å². The van der Waals surface area contributed by atoms with Crippen molar-refractivity contribution in [1.29, 1.82) is 0 Å². The molecule has 5 unspecified atom stereocenters. The molecule has 0 spiro atoms. The van der Waals surface area contributed by atoms with Crippen molar-refractivity contribution in [2.45, 2.75) is 76.4 Å². The minimum atomic E-state index is -0.726. The number of unbranched alkanes of at least 4 members (excludes halogenated alkanes) is 1. The number of carbonyl (C=O) groups is 1. The summed E-state index contributed by atoms with van der Waals surface area (Å²) in [5.41, 5.74) is 1.43. The van der Waals surface area contributed by atoms with E-state index in [-0.39, 0.29) is 24.5 Å². The molecule has 3 saturated carbocycles. The van der Waals surface area contributed by atoms with Crippen LogP contribution in [0, 0.1) is 23.7 Å². The van der Waals surface area contributed by atoms with E-state index in [4.69, 9.17) is 5.11 Å². The number of aliphatic hydroxyl groups is 2. The van der Waals surface area contributed by atoms with Gasteiger partial charge in [-0.3, -0.25) is 4.79 Å². The number of aliphatic hydroxyl groups excluding tert-OH is 2. The van der Waals surface area contributed by atoms with Crippen molar-refractivity contribution >= 4 is 5.97 Å². The fourth-order valence-corrected chi connectivity index (χ4v) is 5.20. The number of fused-ring (bicyclic) bond motifs is 1. The molecule has 0 aliphatic heterocycles. The molecule has 0 radical (unpaired) electrons. The number of aliphatic carboxylic acids is 1. The van der Waals surface area contributed by atoms with Crippen LogP contribution in [0.1, 0.15) is 64.2 Å². The lowest BCUT2D eigenvalue weighted by atomic mass is 9.89. The predicted molar refractivity (Wildman–Crippen MR) is 97.0 cm³/mol. The minimum absolute atomic E-state index is 0.158. The van der Waals surface area contributed by atoms with E-state index in [2.05, 4.69) is 12.2 Å². The quantitative estimate of drug-likeness (QED) is 0.484. The number of carboxylic acid groups (broad SMARTS) is 1. The third-order valence-electron chi connectivity index (χ3n) is 6.55. The highest BCUT2D eigenvalue weighted by molar-refractivity contribution is 5.66. The first-order chi connectivity index (χ1) is 12.0. The zero-order valence-corrected chi connectivity index (χ0v) is 15.0. The Morgan fingerprint density at radius 1 is 1.24 bits per heavy atom. The third-order valence-corrected chi connectivity index (χ3v) is 6.55. The van der Waals surface area contributed by atoms with Gasteiger partial charge in [-0.15, -0.1) is 0 Å². The predicted octanol–water partition coefficient (Wildman–Crippen LogP) is 3.68. The van der Waals surface area contributed by atoms with Gasteiger partial charge in [0.05, 0.1) is 12.2 Å². The van der Waals surface area contributed by atoms with Crippen LogP contribution in [-0.4, -0.2) is 33.5 Å². The fourth-order valence-electron chi connectivity index (χ4n) is 5.20. The van der Waals surface area contributed by atoms with E-state index in [1.165, 1.54) is 18.4 Å². The molecule has 3 aliphatic rings. The largest absolute Gasteiger partial charge is 0.481 e. The molecule has 4 nitrogen and oxygen atoms in total. The summed E-state index contributed by atoms with van der Waals surface area (Å²) in [5.74, 6) is 0.854. The lowest BCUT2D eigenvalue weighted by Gasteiger charge is -2.19. The minimum Gasteiger partial charge on any atom is -0.481 e. The number of hydrogen-bond donors (Lipinski definition) is 3. The highest BCUT2D eigenvalue weighted by atomic mass is 16.4. The van der Waals surface area contributed by atoms with E-state index in [0.717, 1.165) is 38.5 Å². The molecule has 3 rings (SSSR count). The van der Waals surface area contributed by atoms with E-state index in [0.29, 0.717) is 24.2 Å². The van der Waals surface area contributed by atoms with Gasteiger partial charge in [0.2, 0.25) is 0 Å². The average molecular weight is 348 g/mol. The molecule has 4 heteroatoms. The molecule has 0 amide bonds. The number of carboxylic acids is 1. The van der Waals surface area contributed by atoms with Crippen LogP contribution in [0.5, 0.6) is 0 Å². The van der Waals surface area contributed by atoms with Crippen molar-refractivity contribution in [2.75, 3.05) is 0 Å². The van der Waals surface area contributed by atoms with Crippen LogP contribution in [0.2, 0.25) is 0 Å². The van der Waals surface area contributed by atoms with Crippen LogP contribution in [-0.2, 0) is 4.79 Å². The van der Waals surface area contributed by atoms with E-state index in [1.54, 1.807) is 0 Å². The molecule has 3 fully saturated rings. The Labute approximate surface area is 150 Å². The van der Waals surface area contributed by atoms with Gasteiger partial charge in [-0.2, -0.15) is 0 Å². The molecule has 5 atom stereocenters. The molecule has 3 N–H and O–H groups in total. The van der Waals surface area contributed by atoms with Crippen LogP contribution in [0.25, 0.3) is 0 Å². The average Bonchev–Trinajstić information content (AvgIpc) is 3.26. The van der Waals surface area contributed by atoms with E-state index < -0.39 is 5.97 Å². The summed E-state index contributed by atoms with van der Waals surface area (Å²) >= 11 is 0. The third kappa shape index (κ3) is 4.73. The maximum absolute atomic E-state index is 10.6. The van der Waals surface area contributed by atoms with Gasteiger partial charge in [0, 0.05) is 12.3 Å². The zero-order valence-electron chi connectivity index (χ0n) is 15.0. The smallest absolute Gasteiger partial charge is 0.303 e. The second-order valence-corrected chi connectivity index (χ2v) is 8.28. The van der Waals surface area contributed by atoms with Crippen molar-refractivity contribution in [2.24, 2.45) is 23.7 Å². The number of hydrogen-bond acceptors (Lipinski definition) is 3. The Hall–Kier alpha value is -1.13. The van der Waals surface area contributed by atoms with E-state index in [1.807, 2.05) is 6.08 Å². The van der Waals surface area contributed by atoms with Crippen molar-refractivity contribution < 1.29 is 20.1 Å². The van der Waals surface area contributed by atoms with Crippen molar-refractivity contribution in [1.82, 2.24) is 0 Å². The molecule has 0 saturated heterocycles. The Balaban J connectivity index is 1.53. The Morgan fingerprint density at radius 2 is 2.00 bits per heavy atom. The van der Waals surface area contributed by atoms with Gasteiger partial charge in [0.1, 0.15) is 0 Å². The highest BCUT2D eigenvalue weighted by Gasteiger charge is 2.45. The van der Waals surface area contributed by atoms with Crippen LogP contribution in [0.15, 0.2) is 23.8 Å². The first-order valence-electron chi connectivity index (χ1n) is 9.98. The topological polar surface area (TPSA) is 77.8 Å². The molecule has 140 valence electrons. The molecule has 0 aromatic heterocycles. The summed E-state index contributed by atoms with van der Waals surface area (Å²) in [4.78, 5) is 10.6. The van der Waals surface area contributed by atoms with Gasteiger partial charge in [0.15, 0.2) is 0 Å². The van der Waals surface area contributed by atoms with Crippen molar-refractivity contribution in [3.05, 3.63) is 23.8 Å². The van der Waals surface area contributed by atoms with Gasteiger partial charge < -0.3 is 15.3 Å². The van der Waals surface area contributed by atoms with Gasteiger partial charge in [-0.25, -0.2) is 0 Å². The lowest BCUT2D eigenvalue weighted by Crippen LogP contribution is -2.19. The number of allylic oxidation sites excluding steroid dienone is 2. The summed E-state index contributed by atoms with van der Waals surface area (Å²) in [6, 6.07) is 0. The van der Waals surface area contributed by atoms with Crippen LogP contribution >= 0.6 is 0 Å². The zero-order chi connectivity index (χ0) is 17.8. The summed E-state index contributed by atoms with van der Waals surface area (Å²) in [6.07, 6.45) is 15.0. The highest BCUT2D eigenvalue weighted by Crippen LogP contribution is 2.50. The standard InChI is InChI=1S/C21H32O4/c22-19(15-6-2-3-7-15)10-9-17-18-12-14(5-1-4-8-21(24)25)11-16(18)13-20(17)23/h5,9-10,15-20,22-23H,1-4,6-8,11-13H2,(H,24,25). The monoisotopic (exact) mass is 348 g/mol. The normalized spacial score (nSPS) is 35.7. The second-order valence-electron chi connectivity index (χ2n) is 8.28. The summed E-state index contributed by atoms with van der Waals surface area (Å²) in [7, 11) is 0. The maximum Gasteiger partial charge on any atom is 0.303 e. The SMILES string of the molecule is O=C(O)CCCC=C1CC2CC(O)C(C=CC(O)C3CCCC3)C2C1. The van der Waals surface area contributed by atoms with Gasteiger partial charge in [-0.1, -0.05) is 36.6 Å². The molecule has 0 aromatic rings. The Morgan fingerprint density at radius 3 is 2.72 bits per heavy atom. The maximum atomic E-state index is 10.6. The van der Waals surface area contributed by atoms with E-state index in [9.17, 15) is 15.0 Å². The fraction of sp³-hybridized carbons (Fsp3) is 0.762. The molecule has 0 aromatic carbocycles. The first kappa shape index (κ1) is 18.7. The second kappa shape index (κ2) is 8.50. The van der Waals surface area contributed by atoms with Crippen LogP contribution < -0.4 is 0 Å². The van der Waals surface area contributed by atoms with Gasteiger partial charge in [-0.05, 0) is 62.7 Å². The van der Waals surface area contributed by atoms with E-state index >= 15 is 0 Å². The Kier molecular flexibility index (Phi) is 6.34. The lowest BCUT2D eigenvalue weighted by molar-refractivity contribution is -0.137. The molecule has 25 heavy (non-hydrogen) atoms. The summed E-state index contributed by atoms with van der Waals surface area (Å²) < 4.78 is 0. The van der Waals surface area contributed by atoms with Crippen LogP contribution in [0.3, 0.4) is 0 Å². The van der Waals surface area contributed by atoms with Crippen molar-refractivity contribution in [3.63, 3.8) is 0 Å². The molecular weight excluding hydrogens is 316 g/mol. The summed E-state index contributed by atoms with van der Waals surface area (Å²) in [6.45, 7) is 0. The molecule has 0 heterocycles.